The number of rotatable bonds is 4. The van der Waals surface area contributed by atoms with Crippen LogP contribution in [0.15, 0.2) is 10.5 Å². The van der Waals surface area contributed by atoms with Crippen molar-refractivity contribution in [3.63, 3.8) is 0 Å². The Balaban J connectivity index is 3.17. The summed E-state index contributed by atoms with van der Waals surface area (Å²) in [6.07, 6.45) is -0.254. The van der Waals surface area contributed by atoms with Crippen LogP contribution in [0.1, 0.15) is 5.56 Å². The molecule has 0 fully saturated rings. The number of halogens is 3. The Morgan fingerprint density at radius 1 is 1.59 bits per heavy atom. The molecule has 7 heteroatoms. The first-order valence-electron chi connectivity index (χ1n) is 4.57. The molecule has 1 atom stereocenters. The number of methoxy groups -OCH3 is 1. The van der Waals surface area contributed by atoms with Crippen molar-refractivity contribution < 1.29 is 23.4 Å². The summed E-state index contributed by atoms with van der Waals surface area (Å²) < 4.78 is 31.6. The predicted molar refractivity (Wildman–Crippen MR) is 59.9 cm³/mol. The number of aliphatic carboxylic acids is 1. The van der Waals surface area contributed by atoms with Gasteiger partial charge in [0.15, 0.2) is 17.4 Å². The van der Waals surface area contributed by atoms with E-state index >= 15 is 0 Å². The first-order valence-corrected chi connectivity index (χ1v) is 5.36. The molecule has 1 aromatic carbocycles. The maximum Gasteiger partial charge on any atom is 0.320 e. The van der Waals surface area contributed by atoms with Crippen molar-refractivity contribution in [3.8, 4) is 5.75 Å². The van der Waals surface area contributed by atoms with Crippen molar-refractivity contribution in [2.45, 2.75) is 12.5 Å². The van der Waals surface area contributed by atoms with Gasteiger partial charge in [-0.1, -0.05) is 0 Å². The third-order valence-corrected chi connectivity index (χ3v) is 2.73. The zero-order chi connectivity index (χ0) is 13.2. The van der Waals surface area contributed by atoms with Gasteiger partial charge in [0.05, 0.1) is 11.6 Å². The Labute approximate surface area is 104 Å². The Bertz CT molecular complexity index is 454. The summed E-state index contributed by atoms with van der Waals surface area (Å²) in [6, 6.07) is -0.109. The van der Waals surface area contributed by atoms with Crippen LogP contribution in [0.2, 0.25) is 0 Å². The first-order chi connectivity index (χ1) is 7.88. The van der Waals surface area contributed by atoms with Crippen LogP contribution in [-0.2, 0) is 11.2 Å². The highest BCUT2D eigenvalue weighted by Crippen LogP contribution is 2.31. The lowest BCUT2D eigenvalue weighted by Gasteiger charge is -2.12. The second-order valence-corrected chi connectivity index (χ2v) is 4.18. The van der Waals surface area contributed by atoms with Gasteiger partial charge in [0.25, 0.3) is 0 Å². The number of carboxylic acids is 1. The van der Waals surface area contributed by atoms with Gasteiger partial charge >= 0.3 is 5.97 Å². The standard InChI is InChI=1S/C10H10BrF2NO3/c1-17-9-7(12)4(2-5(11)8(9)13)3-6(14)10(15)16/h2,6H,3,14H2,1H3,(H,15,16). The lowest BCUT2D eigenvalue weighted by atomic mass is 10.1. The summed E-state index contributed by atoms with van der Waals surface area (Å²) in [4.78, 5) is 10.6. The average Bonchev–Trinajstić information content (AvgIpc) is 2.26. The zero-order valence-corrected chi connectivity index (χ0v) is 10.4. The molecule has 0 aromatic heterocycles. The van der Waals surface area contributed by atoms with E-state index in [1.807, 2.05) is 0 Å². The van der Waals surface area contributed by atoms with Gasteiger partial charge in [-0.3, -0.25) is 4.79 Å². The topological polar surface area (TPSA) is 72.5 Å². The van der Waals surface area contributed by atoms with Crippen molar-refractivity contribution in [1.82, 2.24) is 0 Å². The van der Waals surface area contributed by atoms with E-state index in [0.717, 1.165) is 13.2 Å². The van der Waals surface area contributed by atoms with Crippen LogP contribution in [0.3, 0.4) is 0 Å². The summed E-state index contributed by atoms with van der Waals surface area (Å²) in [5.74, 6) is -3.64. The molecule has 0 aliphatic heterocycles. The molecule has 0 spiro atoms. The molecule has 94 valence electrons. The predicted octanol–water partition coefficient (Wildman–Crippen LogP) is 1.69. The highest BCUT2D eigenvalue weighted by Gasteiger charge is 2.21. The molecule has 4 nitrogen and oxygen atoms in total. The fraction of sp³-hybridized carbons (Fsp3) is 0.300. The molecule has 1 rings (SSSR count). The molecule has 1 unspecified atom stereocenters. The number of ether oxygens (including phenoxy) is 1. The summed E-state index contributed by atoms with van der Waals surface area (Å²) in [5.41, 5.74) is 5.26. The van der Waals surface area contributed by atoms with E-state index < -0.39 is 29.4 Å². The number of nitrogens with two attached hydrogens (primary N) is 1. The van der Waals surface area contributed by atoms with Gasteiger partial charge in [-0.2, -0.15) is 0 Å². The second kappa shape index (κ2) is 5.42. The first kappa shape index (κ1) is 13.9. The molecule has 0 aliphatic rings. The van der Waals surface area contributed by atoms with Crippen LogP contribution in [0.25, 0.3) is 0 Å². The number of carbonyl (C=O) groups is 1. The van der Waals surface area contributed by atoms with E-state index in [4.69, 9.17) is 10.8 Å². The Morgan fingerprint density at radius 3 is 2.65 bits per heavy atom. The van der Waals surface area contributed by atoms with Gasteiger partial charge in [-0.15, -0.1) is 0 Å². The van der Waals surface area contributed by atoms with Gasteiger partial charge in [-0.25, -0.2) is 8.78 Å². The monoisotopic (exact) mass is 309 g/mol. The fourth-order valence-electron chi connectivity index (χ4n) is 1.28. The molecule has 0 bridgehead atoms. The quantitative estimate of drug-likeness (QED) is 0.830. The van der Waals surface area contributed by atoms with E-state index in [2.05, 4.69) is 20.7 Å². The minimum Gasteiger partial charge on any atom is -0.491 e. The minimum atomic E-state index is -1.26. The number of hydrogen-bond acceptors (Lipinski definition) is 3. The fourth-order valence-corrected chi connectivity index (χ4v) is 1.74. The van der Waals surface area contributed by atoms with Crippen LogP contribution in [0.5, 0.6) is 5.75 Å². The van der Waals surface area contributed by atoms with Gasteiger partial charge in [0.1, 0.15) is 6.04 Å². The molecule has 0 heterocycles. The van der Waals surface area contributed by atoms with Crippen molar-refractivity contribution in [2.24, 2.45) is 5.73 Å². The van der Waals surface area contributed by atoms with E-state index in [1.165, 1.54) is 0 Å². The molecule has 1 aromatic rings. The van der Waals surface area contributed by atoms with E-state index in [0.29, 0.717) is 0 Å². The molecule has 0 saturated heterocycles. The van der Waals surface area contributed by atoms with Gasteiger partial charge in [-0.05, 0) is 27.6 Å². The summed E-state index contributed by atoms with van der Waals surface area (Å²) >= 11 is 2.89. The largest absolute Gasteiger partial charge is 0.491 e. The maximum atomic E-state index is 13.7. The smallest absolute Gasteiger partial charge is 0.320 e. The van der Waals surface area contributed by atoms with Crippen molar-refractivity contribution in [1.29, 1.82) is 0 Å². The van der Waals surface area contributed by atoms with Gasteiger partial charge in [0, 0.05) is 6.42 Å². The molecular formula is C10H10BrF2NO3. The average molecular weight is 310 g/mol. The summed E-state index contributed by atoms with van der Waals surface area (Å²) in [7, 11) is 1.12. The molecule has 0 amide bonds. The maximum absolute atomic E-state index is 13.7. The zero-order valence-electron chi connectivity index (χ0n) is 8.84. The number of benzene rings is 1. The molecule has 0 radical (unpaired) electrons. The van der Waals surface area contributed by atoms with Crippen LogP contribution in [-0.4, -0.2) is 24.2 Å². The van der Waals surface area contributed by atoms with Crippen LogP contribution < -0.4 is 10.5 Å². The second-order valence-electron chi connectivity index (χ2n) is 3.33. The molecular weight excluding hydrogens is 300 g/mol. The van der Waals surface area contributed by atoms with Crippen molar-refractivity contribution in [2.75, 3.05) is 7.11 Å². The van der Waals surface area contributed by atoms with Gasteiger partial charge in [0.2, 0.25) is 0 Å². The SMILES string of the molecule is COc1c(F)c(Br)cc(CC(N)C(=O)O)c1F. The third kappa shape index (κ3) is 2.92. The van der Waals surface area contributed by atoms with Crippen LogP contribution >= 0.6 is 15.9 Å². The molecule has 3 N–H and O–H groups in total. The van der Waals surface area contributed by atoms with Crippen LogP contribution in [0.4, 0.5) is 8.78 Å². The Hall–Kier alpha value is -1.21. The van der Waals surface area contributed by atoms with Crippen LogP contribution in [0, 0.1) is 11.6 Å². The molecule has 0 aliphatic carbocycles. The molecule has 0 saturated carbocycles. The third-order valence-electron chi connectivity index (χ3n) is 2.15. The highest BCUT2D eigenvalue weighted by atomic mass is 79.9. The summed E-state index contributed by atoms with van der Waals surface area (Å²) in [5, 5.41) is 8.62. The van der Waals surface area contributed by atoms with Crippen molar-refractivity contribution >= 4 is 21.9 Å². The normalized spacial score (nSPS) is 12.3. The van der Waals surface area contributed by atoms with E-state index in [1.54, 1.807) is 0 Å². The molecule has 17 heavy (non-hydrogen) atoms. The number of carboxylic acid groups (broad SMARTS) is 1. The Morgan fingerprint density at radius 2 is 2.18 bits per heavy atom. The van der Waals surface area contributed by atoms with E-state index in [9.17, 15) is 13.6 Å². The lowest BCUT2D eigenvalue weighted by molar-refractivity contribution is -0.138. The van der Waals surface area contributed by atoms with E-state index in [-0.39, 0.29) is 16.5 Å². The highest BCUT2D eigenvalue weighted by molar-refractivity contribution is 9.10. The van der Waals surface area contributed by atoms with Gasteiger partial charge < -0.3 is 15.6 Å². The van der Waals surface area contributed by atoms with Crippen molar-refractivity contribution in [3.05, 3.63) is 27.7 Å². The minimum absolute atomic E-state index is 0.0108. The number of hydrogen-bond donors (Lipinski definition) is 2. The Kier molecular flexibility index (Phi) is 4.41. The summed E-state index contributed by atoms with van der Waals surface area (Å²) in [6.45, 7) is 0. The lowest BCUT2D eigenvalue weighted by Crippen LogP contribution is -2.32.